The quantitative estimate of drug-likeness (QED) is 0.706. The maximum atomic E-state index is 11.8. The second-order valence-corrected chi connectivity index (χ2v) is 5.57. The lowest BCUT2D eigenvalue weighted by Crippen LogP contribution is -2.07. The van der Waals surface area contributed by atoms with E-state index in [2.05, 4.69) is 15.2 Å². The lowest BCUT2D eigenvalue weighted by molar-refractivity contribution is -0.120. The van der Waals surface area contributed by atoms with Crippen molar-refractivity contribution in [2.24, 2.45) is 10.2 Å². The number of benzene rings is 2. The maximum absolute atomic E-state index is 11.8. The van der Waals surface area contributed by atoms with Crippen molar-refractivity contribution in [3.8, 4) is 11.6 Å². The number of aryl methyl sites for hydroxylation is 2. The number of aromatic nitrogens is 1. The highest BCUT2D eigenvalue weighted by molar-refractivity contribution is 5.94. The zero-order valence-corrected chi connectivity index (χ0v) is 13.4. The molecule has 122 valence electrons. The number of amides is 1. The summed E-state index contributed by atoms with van der Waals surface area (Å²) in [6.07, 6.45) is 0. The fourth-order valence-corrected chi connectivity index (χ4v) is 2.29. The van der Waals surface area contributed by atoms with Crippen molar-refractivity contribution >= 4 is 22.5 Å². The van der Waals surface area contributed by atoms with E-state index < -0.39 is 5.91 Å². The summed E-state index contributed by atoms with van der Waals surface area (Å²) >= 11 is 0. The summed E-state index contributed by atoms with van der Waals surface area (Å²) < 4.78 is 5.36. The summed E-state index contributed by atoms with van der Waals surface area (Å²) in [7, 11) is 0. The van der Waals surface area contributed by atoms with E-state index in [0.717, 1.165) is 16.6 Å². The second-order valence-electron chi connectivity index (χ2n) is 5.57. The van der Waals surface area contributed by atoms with Gasteiger partial charge in [0, 0.05) is 5.39 Å². The fraction of sp³-hybridized carbons (Fsp3) is 0.167. The van der Waals surface area contributed by atoms with Gasteiger partial charge in [-0.05, 0) is 38.1 Å². The summed E-state index contributed by atoms with van der Waals surface area (Å²) in [5, 5.41) is 18.1. The highest BCUT2D eigenvalue weighted by atomic mass is 16.5. The van der Waals surface area contributed by atoms with E-state index in [9.17, 15) is 9.90 Å². The largest absolute Gasteiger partial charge is 0.493 e. The zero-order chi connectivity index (χ0) is 17.1. The smallest absolute Gasteiger partial charge is 0.302 e. The Bertz CT molecular complexity index is 911. The van der Waals surface area contributed by atoms with Gasteiger partial charge in [-0.25, -0.2) is 0 Å². The molecule has 6 nitrogen and oxygen atoms in total. The Morgan fingerprint density at radius 2 is 1.83 bits per heavy atom. The van der Waals surface area contributed by atoms with Gasteiger partial charge in [-0.15, -0.1) is 10.2 Å². The molecule has 0 spiro atoms. The molecule has 0 aliphatic rings. The van der Waals surface area contributed by atoms with Crippen LogP contribution in [0, 0.1) is 13.8 Å². The monoisotopic (exact) mass is 323 g/mol. The van der Waals surface area contributed by atoms with Gasteiger partial charge in [0.05, 0.1) is 5.52 Å². The highest BCUT2D eigenvalue weighted by Crippen LogP contribution is 2.35. The van der Waals surface area contributed by atoms with E-state index in [1.54, 1.807) is 12.1 Å². The number of aromatic amines is 1. The SMILES string of the molecule is Cc1ccc(OCC(=O)N=Nc2c(O)[nH]c3ccc(C)cc23)cc1. The lowest BCUT2D eigenvalue weighted by Gasteiger charge is -2.02. The van der Waals surface area contributed by atoms with Crippen LogP contribution in [0.3, 0.4) is 0 Å². The van der Waals surface area contributed by atoms with Gasteiger partial charge < -0.3 is 14.8 Å². The molecule has 0 saturated carbocycles. The van der Waals surface area contributed by atoms with Gasteiger partial charge in [0.1, 0.15) is 5.75 Å². The Morgan fingerprint density at radius 3 is 2.58 bits per heavy atom. The summed E-state index contributed by atoms with van der Waals surface area (Å²) in [6.45, 7) is 3.69. The van der Waals surface area contributed by atoms with E-state index in [4.69, 9.17) is 4.74 Å². The summed E-state index contributed by atoms with van der Waals surface area (Å²) in [4.78, 5) is 14.6. The first-order valence-corrected chi connectivity index (χ1v) is 7.48. The van der Waals surface area contributed by atoms with Gasteiger partial charge in [-0.2, -0.15) is 0 Å². The number of hydrogen-bond acceptors (Lipinski definition) is 4. The zero-order valence-electron chi connectivity index (χ0n) is 13.4. The molecule has 1 aromatic heterocycles. The fourth-order valence-electron chi connectivity index (χ4n) is 2.29. The molecule has 0 saturated heterocycles. The van der Waals surface area contributed by atoms with Gasteiger partial charge >= 0.3 is 5.91 Å². The number of hydrogen-bond donors (Lipinski definition) is 2. The number of nitrogens with zero attached hydrogens (tertiary/aromatic N) is 2. The number of fused-ring (bicyclic) bond motifs is 1. The van der Waals surface area contributed by atoms with E-state index in [1.165, 1.54) is 0 Å². The number of carbonyl (C=O) groups excluding carboxylic acids is 1. The first-order chi connectivity index (χ1) is 11.5. The number of azo groups is 1. The molecule has 24 heavy (non-hydrogen) atoms. The van der Waals surface area contributed by atoms with Gasteiger partial charge in [0.2, 0.25) is 5.88 Å². The van der Waals surface area contributed by atoms with Crippen molar-refractivity contribution in [2.45, 2.75) is 13.8 Å². The van der Waals surface area contributed by atoms with Crippen LogP contribution in [-0.4, -0.2) is 22.6 Å². The molecule has 3 rings (SSSR count). The van der Waals surface area contributed by atoms with Crippen LogP contribution in [0.5, 0.6) is 11.6 Å². The minimum atomic E-state index is -0.531. The number of aromatic hydroxyl groups is 1. The van der Waals surface area contributed by atoms with Crippen LogP contribution in [0.1, 0.15) is 11.1 Å². The van der Waals surface area contributed by atoms with E-state index in [-0.39, 0.29) is 18.2 Å². The van der Waals surface area contributed by atoms with Gasteiger partial charge in [0.25, 0.3) is 0 Å². The van der Waals surface area contributed by atoms with Gasteiger partial charge in [-0.3, -0.25) is 4.79 Å². The third kappa shape index (κ3) is 3.43. The number of carbonyl (C=O) groups is 1. The van der Waals surface area contributed by atoms with Crippen molar-refractivity contribution in [3.05, 3.63) is 53.6 Å². The van der Waals surface area contributed by atoms with Gasteiger partial charge in [0.15, 0.2) is 12.3 Å². The Balaban J connectivity index is 1.71. The first-order valence-electron chi connectivity index (χ1n) is 7.48. The molecule has 3 aromatic rings. The Labute approximate surface area is 138 Å². The van der Waals surface area contributed by atoms with Gasteiger partial charge in [-0.1, -0.05) is 29.3 Å². The van der Waals surface area contributed by atoms with Crippen LogP contribution in [0.25, 0.3) is 10.9 Å². The van der Waals surface area contributed by atoms with Crippen LogP contribution >= 0.6 is 0 Å². The predicted molar refractivity (Wildman–Crippen MR) is 90.9 cm³/mol. The molecular weight excluding hydrogens is 306 g/mol. The van der Waals surface area contributed by atoms with Crippen molar-refractivity contribution in [1.82, 2.24) is 4.98 Å². The van der Waals surface area contributed by atoms with Crippen LogP contribution in [0.15, 0.2) is 52.7 Å². The maximum Gasteiger partial charge on any atom is 0.302 e. The van der Waals surface area contributed by atoms with Crippen LogP contribution in [0.4, 0.5) is 5.69 Å². The van der Waals surface area contributed by atoms with Crippen molar-refractivity contribution in [1.29, 1.82) is 0 Å². The molecule has 0 bridgehead atoms. The number of rotatable bonds is 4. The third-order valence-electron chi connectivity index (χ3n) is 3.55. The van der Waals surface area contributed by atoms with E-state index >= 15 is 0 Å². The molecule has 1 heterocycles. The number of H-pyrrole nitrogens is 1. The summed E-state index contributed by atoms with van der Waals surface area (Å²) in [6, 6.07) is 13.0. The first kappa shape index (κ1) is 15.7. The van der Waals surface area contributed by atoms with Crippen molar-refractivity contribution in [3.63, 3.8) is 0 Å². The third-order valence-corrected chi connectivity index (χ3v) is 3.55. The molecule has 0 fully saturated rings. The van der Waals surface area contributed by atoms with E-state index in [0.29, 0.717) is 11.1 Å². The van der Waals surface area contributed by atoms with E-state index in [1.807, 2.05) is 44.2 Å². The van der Waals surface area contributed by atoms with Crippen LogP contribution in [0.2, 0.25) is 0 Å². The molecule has 0 atom stereocenters. The van der Waals surface area contributed by atoms with Crippen molar-refractivity contribution < 1.29 is 14.6 Å². The average Bonchev–Trinajstić information content (AvgIpc) is 2.87. The summed E-state index contributed by atoms with van der Waals surface area (Å²) in [5.74, 6) is -0.0571. The Morgan fingerprint density at radius 1 is 1.12 bits per heavy atom. The minimum absolute atomic E-state index is 0.119. The van der Waals surface area contributed by atoms with Crippen LogP contribution in [-0.2, 0) is 4.79 Å². The molecule has 6 heteroatoms. The molecule has 1 amide bonds. The number of ether oxygens (including phenoxy) is 1. The molecule has 0 radical (unpaired) electrons. The molecule has 0 aliphatic heterocycles. The topological polar surface area (TPSA) is 87.0 Å². The average molecular weight is 323 g/mol. The standard InChI is InChI=1S/C18H17N3O3/c1-11-3-6-13(7-4-11)24-10-16(22)20-21-17-14-9-12(2)5-8-15(14)19-18(17)23/h3-9,19,23H,10H2,1-2H3. The Hall–Kier alpha value is -3.15. The molecule has 0 unspecified atom stereocenters. The predicted octanol–water partition coefficient (Wildman–Crippen LogP) is 4.18. The van der Waals surface area contributed by atoms with Crippen LogP contribution < -0.4 is 4.74 Å². The molecule has 2 N–H and O–H groups in total. The second kappa shape index (κ2) is 6.54. The molecule has 0 aliphatic carbocycles. The lowest BCUT2D eigenvalue weighted by atomic mass is 10.2. The van der Waals surface area contributed by atoms with Crippen molar-refractivity contribution in [2.75, 3.05) is 6.61 Å². The highest BCUT2D eigenvalue weighted by Gasteiger charge is 2.11. The molecular formula is C18H17N3O3. The minimum Gasteiger partial charge on any atom is -0.493 e. The summed E-state index contributed by atoms with van der Waals surface area (Å²) in [5.41, 5.74) is 3.11. The Kier molecular flexibility index (Phi) is 4.29. The molecule has 2 aromatic carbocycles. The number of nitrogens with one attached hydrogen (secondary N) is 1. The normalized spacial score (nSPS) is 11.2.